The van der Waals surface area contributed by atoms with E-state index in [-0.39, 0.29) is 5.54 Å². The first-order valence-electron chi connectivity index (χ1n) is 10.8. The predicted molar refractivity (Wildman–Crippen MR) is 110 cm³/mol. The van der Waals surface area contributed by atoms with Crippen molar-refractivity contribution in [2.45, 2.75) is 76.8 Å². The Balaban J connectivity index is 1.71. The summed E-state index contributed by atoms with van der Waals surface area (Å²) in [6, 6.07) is 8.78. The number of hydrogen-bond acceptors (Lipinski definition) is 3. The molecule has 1 aliphatic heterocycles. The normalized spacial score (nSPS) is 30.2. The van der Waals surface area contributed by atoms with Gasteiger partial charge in [-0.25, -0.2) is 0 Å². The van der Waals surface area contributed by atoms with Gasteiger partial charge in [0.2, 0.25) is 0 Å². The summed E-state index contributed by atoms with van der Waals surface area (Å²) < 4.78 is 0. The quantitative estimate of drug-likeness (QED) is 0.743. The molecule has 1 aromatic rings. The monoisotopic (exact) mass is 358 g/mol. The molecule has 0 amide bonds. The zero-order chi connectivity index (χ0) is 18.6. The number of phenols is 1. The highest BCUT2D eigenvalue weighted by Crippen LogP contribution is 2.44. The Morgan fingerprint density at radius 2 is 1.92 bits per heavy atom. The fraction of sp³-hybridized carbons (Fsp3) is 0.739. The van der Waals surface area contributed by atoms with Crippen LogP contribution in [0.2, 0.25) is 0 Å². The van der Waals surface area contributed by atoms with Crippen molar-refractivity contribution in [1.82, 2.24) is 9.80 Å². The van der Waals surface area contributed by atoms with Crippen molar-refractivity contribution in [3.8, 4) is 5.75 Å². The molecule has 26 heavy (non-hydrogen) atoms. The van der Waals surface area contributed by atoms with Crippen molar-refractivity contribution in [2.75, 3.05) is 26.7 Å². The van der Waals surface area contributed by atoms with Crippen LogP contribution in [0.25, 0.3) is 0 Å². The second kappa shape index (κ2) is 8.75. The lowest BCUT2D eigenvalue weighted by atomic mass is 9.73. The van der Waals surface area contributed by atoms with Gasteiger partial charge in [0.15, 0.2) is 0 Å². The molecule has 146 valence electrons. The highest BCUT2D eigenvalue weighted by atomic mass is 16.3. The molecule has 1 aliphatic carbocycles. The van der Waals surface area contributed by atoms with E-state index in [0.717, 1.165) is 18.5 Å². The van der Waals surface area contributed by atoms with Crippen molar-refractivity contribution in [2.24, 2.45) is 5.92 Å². The van der Waals surface area contributed by atoms with Gasteiger partial charge >= 0.3 is 0 Å². The van der Waals surface area contributed by atoms with Crippen molar-refractivity contribution in [3.63, 3.8) is 0 Å². The van der Waals surface area contributed by atoms with E-state index in [1.807, 2.05) is 12.1 Å². The molecule has 0 aromatic heterocycles. The molecule has 2 fully saturated rings. The summed E-state index contributed by atoms with van der Waals surface area (Å²) in [6.45, 7) is 8.32. The van der Waals surface area contributed by atoms with E-state index in [1.165, 1.54) is 70.0 Å². The Hall–Kier alpha value is -1.06. The topological polar surface area (TPSA) is 26.7 Å². The molecule has 1 N–H and O–H groups in total. The predicted octanol–water partition coefficient (Wildman–Crippen LogP) is 4.99. The third-order valence-electron chi connectivity index (χ3n) is 6.99. The van der Waals surface area contributed by atoms with E-state index >= 15 is 0 Å². The lowest BCUT2D eigenvalue weighted by molar-refractivity contribution is 0.0381. The van der Waals surface area contributed by atoms with Crippen LogP contribution >= 0.6 is 0 Å². The van der Waals surface area contributed by atoms with Gasteiger partial charge in [-0.15, -0.1) is 0 Å². The first kappa shape index (κ1) is 19.7. The number of rotatable bonds is 7. The Labute approximate surface area is 160 Å². The Kier molecular flexibility index (Phi) is 6.63. The first-order valence-corrected chi connectivity index (χ1v) is 10.8. The summed E-state index contributed by atoms with van der Waals surface area (Å²) in [5.74, 6) is 1.33. The van der Waals surface area contributed by atoms with Crippen LogP contribution in [0.15, 0.2) is 24.3 Å². The van der Waals surface area contributed by atoms with E-state index in [4.69, 9.17) is 0 Å². The molecule has 1 saturated carbocycles. The summed E-state index contributed by atoms with van der Waals surface area (Å²) in [5.41, 5.74) is 1.39. The molecule has 0 radical (unpaired) electrons. The first-order chi connectivity index (χ1) is 12.6. The lowest BCUT2D eigenvalue weighted by Crippen LogP contribution is -2.50. The van der Waals surface area contributed by atoms with E-state index in [2.05, 4.69) is 36.8 Å². The van der Waals surface area contributed by atoms with Crippen LogP contribution in [-0.2, 0) is 5.54 Å². The number of aromatic hydroxyl groups is 1. The number of nitrogens with zero attached hydrogens (tertiary/aromatic N) is 2. The molecule has 0 bridgehead atoms. The van der Waals surface area contributed by atoms with Gasteiger partial charge in [-0.1, -0.05) is 32.4 Å². The summed E-state index contributed by atoms with van der Waals surface area (Å²) in [7, 11) is 2.28. The number of benzene rings is 1. The minimum atomic E-state index is 0.0911. The standard InChI is InChI=1S/C23H38N2O/c1-4-7-19-12-16-25(18-19)21-10-13-23(14-11-21,24(3)15-5-2)20-8-6-9-22(26)17-20/h6,8-9,17,19,21,26H,4-5,7,10-16,18H2,1-3H3. The average Bonchev–Trinajstić information content (AvgIpc) is 3.11. The van der Waals surface area contributed by atoms with Gasteiger partial charge in [0, 0.05) is 18.1 Å². The summed E-state index contributed by atoms with van der Waals surface area (Å²) in [5, 5.41) is 10.0. The van der Waals surface area contributed by atoms with Crippen molar-refractivity contribution in [3.05, 3.63) is 29.8 Å². The average molecular weight is 359 g/mol. The van der Waals surface area contributed by atoms with E-state index in [9.17, 15) is 5.11 Å². The summed E-state index contributed by atoms with van der Waals surface area (Å²) in [6.07, 6.45) is 10.3. The molecule has 1 unspecified atom stereocenters. The minimum Gasteiger partial charge on any atom is -0.508 e. The van der Waals surface area contributed by atoms with Crippen LogP contribution in [0.5, 0.6) is 5.75 Å². The molecule has 1 heterocycles. The maximum absolute atomic E-state index is 10.0. The van der Waals surface area contributed by atoms with Crippen molar-refractivity contribution < 1.29 is 5.11 Å². The van der Waals surface area contributed by atoms with Gasteiger partial charge in [0.05, 0.1) is 0 Å². The van der Waals surface area contributed by atoms with Gasteiger partial charge in [0.1, 0.15) is 5.75 Å². The summed E-state index contributed by atoms with van der Waals surface area (Å²) in [4.78, 5) is 5.34. The molecule has 3 rings (SSSR count). The van der Waals surface area contributed by atoms with E-state index < -0.39 is 0 Å². The minimum absolute atomic E-state index is 0.0911. The lowest BCUT2D eigenvalue weighted by Gasteiger charge is -2.48. The molecule has 3 nitrogen and oxygen atoms in total. The van der Waals surface area contributed by atoms with E-state index in [1.54, 1.807) is 6.07 Å². The molecule has 3 heteroatoms. The molecule has 2 aliphatic rings. The van der Waals surface area contributed by atoms with Gasteiger partial charge in [-0.05, 0) is 88.7 Å². The van der Waals surface area contributed by atoms with Crippen LogP contribution in [-0.4, -0.2) is 47.6 Å². The molecular formula is C23H38N2O. The molecule has 1 aromatic carbocycles. The highest BCUT2D eigenvalue weighted by molar-refractivity contribution is 5.33. The number of phenolic OH excluding ortho intramolecular Hbond substituents is 1. The third-order valence-corrected chi connectivity index (χ3v) is 6.99. The molecule has 1 saturated heterocycles. The second-order valence-corrected chi connectivity index (χ2v) is 8.67. The van der Waals surface area contributed by atoms with Crippen LogP contribution in [0.1, 0.15) is 70.8 Å². The Bertz CT molecular complexity index is 565. The molecular weight excluding hydrogens is 320 g/mol. The fourth-order valence-electron chi connectivity index (χ4n) is 5.52. The number of hydrogen-bond donors (Lipinski definition) is 1. The highest BCUT2D eigenvalue weighted by Gasteiger charge is 2.42. The smallest absolute Gasteiger partial charge is 0.115 e. The van der Waals surface area contributed by atoms with Gasteiger partial charge in [-0.3, -0.25) is 4.90 Å². The Morgan fingerprint density at radius 3 is 2.58 bits per heavy atom. The zero-order valence-electron chi connectivity index (χ0n) is 17.1. The third kappa shape index (κ3) is 4.09. The van der Waals surface area contributed by atoms with Crippen molar-refractivity contribution in [1.29, 1.82) is 0 Å². The Morgan fingerprint density at radius 1 is 1.15 bits per heavy atom. The van der Waals surface area contributed by atoms with Gasteiger partial charge in [0.25, 0.3) is 0 Å². The fourth-order valence-corrected chi connectivity index (χ4v) is 5.52. The van der Waals surface area contributed by atoms with Crippen molar-refractivity contribution >= 4 is 0 Å². The van der Waals surface area contributed by atoms with Crippen LogP contribution in [0.4, 0.5) is 0 Å². The van der Waals surface area contributed by atoms with Crippen LogP contribution < -0.4 is 0 Å². The largest absolute Gasteiger partial charge is 0.508 e. The molecule has 1 atom stereocenters. The van der Waals surface area contributed by atoms with Crippen LogP contribution in [0, 0.1) is 5.92 Å². The maximum atomic E-state index is 10.0. The molecule has 0 spiro atoms. The zero-order valence-corrected chi connectivity index (χ0v) is 17.1. The number of likely N-dealkylation sites (tertiary alicyclic amines) is 1. The van der Waals surface area contributed by atoms with E-state index in [0.29, 0.717) is 5.75 Å². The SMILES string of the molecule is CCCC1CCN(C2CCC(c3cccc(O)c3)(N(C)CCC)CC2)C1. The van der Waals surface area contributed by atoms with Gasteiger partial charge in [-0.2, -0.15) is 0 Å². The second-order valence-electron chi connectivity index (χ2n) is 8.67. The van der Waals surface area contributed by atoms with Crippen LogP contribution in [0.3, 0.4) is 0 Å². The summed E-state index contributed by atoms with van der Waals surface area (Å²) >= 11 is 0. The maximum Gasteiger partial charge on any atom is 0.115 e. The van der Waals surface area contributed by atoms with Gasteiger partial charge < -0.3 is 10.0 Å².